The Hall–Kier alpha value is -6.10. The van der Waals surface area contributed by atoms with Crippen LogP contribution in [0, 0.1) is 36.0 Å². The van der Waals surface area contributed by atoms with E-state index in [1.165, 1.54) is 13.3 Å². The van der Waals surface area contributed by atoms with Gasteiger partial charge in [-0.1, -0.05) is 87.9 Å². The molecule has 6 rings (SSSR count). The van der Waals surface area contributed by atoms with E-state index in [1.54, 1.807) is 23.5 Å². The van der Waals surface area contributed by atoms with Gasteiger partial charge in [0.25, 0.3) is 5.91 Å². The van der Waals surface area contributed by atoms with Crippen LogP contribution in [0.2, 0.25) is 0 Å². The van der Waals surface area contributed by atoms with E-state index in [0.29, 0.717) is 96.3 Å². The van der Waals surface area contributed by atoms with E-state index in [1.807, 2.05) is 87.8 Å². The van der Waals surface area contributed by atoms with Crippen molar-refractivity contribution in [2.45, 2.75) is 104 Å². The molecule has 0 aliphatic heterocycles. The first-order valence-corrected chi connectivity index (χ1v) is 28.7. The molecule has 4 aromatic rings. The van der Waals surface area contributed by atoms with Crippen molar-refractivity contribution in [1.82, 2.24) is 31.2 Å². The summed E-state index contributed by atoms with van der Waals surface area (Å²) in [4.78, 5) is 75.8. The van der Waals surface area contributed by atoms with Gasteiger partial charge in [-0.2, -0.15) is 13.2 Å². The van der Waals surface area contributed by atoms with Crippen LogP contribution < -0.4 is 26.0 Å². The second-order valence-corrected chi connectivity index (χ2v) is 22.3. The smallest absolute Gasteiger partial charge is 0.391 e. The van der Waals surface area contributed by atoms with E-state index < -0.39 is 47.2 Å². The number of Topliss-reactive ketones (excluding diaryl/α,β-unsaturated/α-hetero) is 1. The molecule has 17 nitrogen and oxygen atoms in total. The predicted molar refractivity (Wildman–Crippen MR) is 301 cm³/mol. The van der Waals surface area contributed by atoms with E-state index in [9.17, 15) is 37.1 Å². The highest BCUT2D eigenvalue weighted by Gasteiger charge is 2.44. The summed E-state index contributed by atoms with van der Waals surface area (Å²) in [5.74, 6) is -3.06. The zero-order valence-corrected chi connectivity index (χ0v) is 48.0. The maximum absolute atomic E-state index is 14.0. The minimum atomic E-state index is -4.16. The van der Waals surface area contributed by atoms with Crippen LogP contribution in [-0.2, 0) is 62.4 Å². The van der Waals surface area contributed by atoms with Gasteiger partial charge in [-0.3, -0.25) is 24.0 Å². The van der Waals surface area contributed by atoms with Crippen LogP contribution in [0.3, 0.4) is 0 Å². The number of nitrogens with zero attached hydrogens (tertiary/aromatic N) is 2. The van der Waals surface area contributed by atoms with E-state index in [-0.39, 0.29) is 74.8 Å². The van der Waals surface area contributed by atoms with Crippen molar-refractivity contribution in [3.63, 3.8) is 0 Å². The van der Waals surface area contributed by atoms with Gasteiger partial charge in [0, 0.05) is 37.0 Å². The third kappa shape index (κ3) is 21.3. The normalized spacial score (nSPS) is 17.9. The Bertz CT molecular complexity index is 2670. The molecule has 0 saturated heterocycles. The van der Waals surface area contributed by atoms with Crippen LogP contribution in [0.15, 0.2) is 72.4 Å². The minimum Gasteiger partial charge on any atom is -0.495 e. The van der Waals surface area contributed by atoms with E-state index in [4.69, 9.17) is 28.4 Å². The van der Waals surface area contributed by atoms with Crippen molar-refractivity contribution >= 4 is 46.8 Å². The molecule has 81 heavy (non-hydrogen) atoms. The number of aryl methyl sites for hydroxylation is 1. The lowest BCUT2D eigenvalue weighted by Gasteiger charge is -2.33. The number of halogens is 3. The largest absolute Gasteiger partial charge is 0.495 e. The molecular formula is C60H79F3N6O11S. The molecule has 0 bridgehead atoms. The fraction of sp³-hybridized carbons (Fsp3) is 0.550. The number of amides is 4. The molecule has 0 radical (unpaired) electrons. The lowest BCUT2D eigenvalue weighted by molar-refractivity contribution is -0.183. The van der Waals surface area contributed by atoms with Gasteiger partial charge < -0.3 is 49.7 Å². The molecule has 2 aromatic heterocycles. The highest BCUT2D eigenvalue weighted by molar-refractivity contribution is 7.13. The van der Waals surface area contributed by atoms with Gasteiger partial charge in [-0.15, -0.1) is 11.3 Å². The van der Waals surface area contributed by atoms with Gasteiger partial charge >= 0.3 is 6.18 Å². The number of hydrogen-bond acceptors (Lipinski definition) is 14. The lowest BCUT2D eigenvalue weighted by Crippen LogP contribution is -2.53. The standard InChI is InChI=1S/C60H79F3N6O11S/c1-40-55(81-39-68-40)45-17-13-42(14-18-45)35-66-57(73)49-11-7-10-48(49)54(72)56(59(2,3)4)69-53(71)38-80-31-30-79-29-28-78-27-26-77-25-24-76-23-22-64-52(70)33-43-8-6-9-44(32-43)36-67-58(74)50-34-46(51(75-5)37-65-50)19-12-41-15-20-47(21-16-41)60(61,62)63/h6,8-9,12-14,17-19,32,34,37,39,41,47-49,56H,7,10-11,15-16,20-31,33,35-36,38H2,1-5H3,(H,64,70)(H,66,73)(H,67,74)(H,69,71)/b19-12+/t41-,47-,48?,49-,56?/m1/s1. The quantitative estimate of drug-likeness (QED) is 0.0339. The molecule has 2 aromatic carbocycles. The molecule has 4 amide bonds. The molecule has 0 spiro atoms. The molecule has 2 aliphatic rings. The molecule has 2 saturated carbocycles. The average molecular weight is 1150 g/mol. The van der Waals surface area contributed by atoms with Crippen LogP contribution >= 0.6 is 11.3 Å². The summed E-state index contributed by atoms with van der Waals surface area (Å²) in [6.45, 7) is 11.1. The topological polar surface area (TPSA) is 215 Å². The Labute approximate surface area is 477 Å². The summed E-state index contributed by atoms with van der Waals surface area (Å²) in [5, 5.41) is 11.6. The Kier molecular flexibility index (Phi) is 25.7. The number of alkyl halides is 3. The van der Waals surface area contributed by atoms with Crippen molar-refractivity contribution in [2.24, 2.45) is 29.1 Å². The SMILES string of the molecule is COc1cnc(C(=O)NCc2cccc(CC(=O)NCCOCCOCCOCCOCCOCC(=O)NC(C(=O)C3CCC[C@H]3C(=O)NCc3ccc(-c4scnc4C)cc3)C(C)(C)C)c2)cc1/C=C/[C@H]1CC[C@H](C(F)(F)F)CC1. The van der Waals surface area contributed by atoms with Crippen molar-refractivity contribution < 1.29 is 65.6 Å². The summed E-state index contributed by atoms with van der Waals surface area (Å²) in [6, 6.07) is 16.2. The number of rotatable bonds is 32. The van der Waals surface area contributed by atoms with Crippen molar-refractivity contribution in [2.75, 3.05) is 79.7 Å². The minimum absolute atomic E-state index is 0.00339. The molecule has 4 N–H and O–H groups in total. The second kappa shape index (κ2) is 32.5. The van der Waals surface area contributed by atoms with Gasteiger partial charge in [0.05, 0.1) is 107 Å². The summed E-state index contributed by atoms with van der Waals surface area (Å²) in [7, 11) is 1.48. The fourth-order valence-electron chi connectivity index (χ4n) is 9.86. The van der Waals surface area contributed by atoms with Gasteiger partial charge in [0.1, 0.15) is 18.1 Å². The summed E-state index contributed by atoms with van der Waals surface area (Å²) in [5.41, 5.74) is 6.59. The number of aromatic nitrogens is 2. The predicted octanol–water partition coefficient (Wildman–Crippen LogP) is 8.41. The maximum atomic E-state index is 14.0. The average Bonchev–Trinajstić information content (AvgIpc) is 4.13. The first-order chi connectivity index (χ1) is 38.9. The van der Waals surface area contributed by atoms with Gasteiger partial charge in [-0.05, 0) is 85.1 Å². The number of carbonyl (C=O) groups is 5. The van der Waals surface area contributed by atoms with Gasteiger partial charge in [0.15, 0.2) is 5.78 Å². The number of nitrogens with one attached hydrogen (secondary N) is 4. The van der Waals surface area contributed by atoms with E-state index >= 15 is 0 Å². The zero-order chi connectivity index (χ0) is 58.2. The number of thiazole rings is 1. The number of ether oxygens (including phenoxy) is 6. The molecule has 2 aliphatic carbocycles. The third-order valence-corrected chi connectivity index (χ3v) is 15.3. The molecular weight excluding hydrogens is 1070 g/mol. The maximum Gasteiger partial charge on any atom is 0.391 e. The molecule has 2 heterocycles. The first-order valence-electron chi connectivity index (χ1n) is 27.8. The number of benzene rings is 2. The number of carbonyl (C=O) groups excluding carboxylic acids is 5. The monoisotopic (exact) mass is 1150 g/mol. The Morgan fingerprint density at radius 2 is 1.35 bits per heavy atom. The van der Waals surface area contributed by atoms with Crippen molar-refractivity contribution in [3.05, 3.63) is 106 Å². The van der Waals surface area contributed by atoms with Crippen molar-refractivity contribution in [1.29, 1.82) is 0 Å². The molecule has 21 heteroatoms. The zero-order valence-electron chi connectivity index (χ0n) is 47.2. The number of methoxy groups -OCH3 is 1. The Balaban J connectivity index is 0.747. The number of allylic oxidation sites excluding steroid dienone is 1. The van der Waals surface area contributed by atoms with Crippen LogP contribution in [0.1, 0.15) is 104 Å². The highest BCUT2D eigenvalue weighted by atomic mass is 32.1. The van der Waals surface area contributed by atoms with Gasteiger partial charge in [-0.25, -0.2) is 9.97 Å². The van der Waals surface area contributed by atoms with Crippen LogP contribution in [0.5, 0.6) is 5.75 Å². The fourth-order valence-corrected chi connectivity index (χ4v) is 10.7. The summed E-state index contributed by atoms with van der Waals surface area (Å²) >= 11 is 1.59. The Morgan fingerprint density at radius 1 is 0.716 bits per heavy atom. The molecule has 442 valence electrons. The van der Waals surface area contributed by atoms with E-state index in [0.717, 1.165) is 39.2 Å². The van der Waals surface area contributed by atoms with Gasteiger partial charge in [0.2, 0.25) is 17.7 Å². The molecule has 2 unspecified atom stereocenters. The van der Waals surface area contributed by atoms with E-state index in [2.05, 4.69) is 31.2 Å². The molecule has 3 atom stereocenters. The Morgan fingerprint density at radius 3 is 1.98 bits per heavy atom. The number of pyridine rings is 1. The summed E-state index contributed by atoms with van der Waals surface area (Å²) in [6.07, 6.45) is 4.11. The lowest BCUT2D eigenvalue weighted by atomic mass is 9.77. The second-order valence-electron chi connectivity index (χ2n) is 21.4. The van der Waals surface area contributed by atoms with Crippen molar-refractivity contribution in [3.8, 4) is 16.2 Å². The molecule has 2 fully saturated rings. The van der Waals surface area contributed by atoms with Crippen LogP contribution in [0.25, 0.3) is 16.5 Å². The van der Waals surface area contributed by atoms with Crippen LogP contribution in [0.4, 0.5) is 13.2 Å². The first kappa shape index (κ1) is 64.1. The summed E-state index contributed by atoms with van der Waals surface area (Å²) < 4.78 is 72.5. The number of hydrogen-bond donors (Lipinski definition) is 4. The third-order valence-electron chi connectivity index (χ3n) is 14.3. The number of ketones is 1. The van der Waals surface area contributed by atoms with Crippen LogP contribution in [-0.4, -0.2) is 131 Å². The highest BCUT2D eigenvalue weighted by Crippen LogP contribution is 2.40.